The zero-order valence-corrected chi connectivity index (χ0v) is 17.3. The molecular formula is C25H26N2O3. The van der Waals surface area contributed by atoms with Crippen molar-refractivity contribution in [2.45, 2.75) is 33.1 Å². The van der Waals surface area contributed by atoms with E-state index >= 15 is 0 Å². The minimum absolute atomic E-state index is 0.206. The largest absolute Gasteiger partial charge is 0.490 e. The second-order valence-electron chi connectivity index (χ2n) is 7.41. The number of hydrogen-bond donors (Lipinski definition) is 1. The van der Waals surface area contributed by atoms with E-state index in [0.717, 1.165) is 39.5 Å². The zero-order chi connectivity index (χ0) is 20.9. The number of aromatic nitrogens is 2. The van der Waals surface area contributed by atoms with Crippen molar-refractivity contribution in [3.05, 3.63) is 89.7 Å². The minimum atomic E-state index is -0.683. The number of nitrogens with zero attached hydrogens (tertiary/aromatic N) is 2. The number of aliphatic hydroxyl groups excluding tert-OH is 1. The molecule has 0 aliphatic rings. The maximum atomic E-state index is 10.7. The average molecular weight is 402 g/mol. The summed E-state index contributed by atoms with van der Waals surface area (Å²) in [4.78, 5) is 4.71. The van der Waals surface area contributed by atoms with Crippen molar-refractivity contribution < 1.29 is 14.6 Å². The molecule has 0 spiro atoms. The van der Waals surface area contributed by atoms with Gasteiger partial charge in [0.15, 0.2) is 0 Å². The van der Waals surface area contributed by atoms with Crippen molar-refractivity contribution >= 4 is 11.0 Å². The second kappa shape index (κ2) is 9.01. The van der Waals surface area contributed by atoms with Crippen LogP contribution in [0.3, 0.4) is 0 Å². The highest BCUT2D eigenvalue weighted by Gasteiger charge is 2.16. The van der Waals surface area contributed by atoms with Crippen molar-refractivity contribution in [1.82, 2.24) is 9.55 Å². The third kappa shape index (κ3) is 4.47. The number of aliphatic hydroxyl groups is 1. The van der Waals surface area contributed by atoms with Gasteiger partial charge in [0, 0.05) is 0 Å². The second-order valence-corrected chi connectivity index (χ2v) is 7.41. The van der Waals surface area contributed by atoms with Gasteiger partial charge in [-0.3, -0.25) is 0 Å². The van der Waals surface area contributed by atoms with Crippen molar-refractivity contribution in [1.29, 1.82) is 0 Å². The molecule has 5 nitrogen and oxygen atoms in total. The molecule has 30 heavy (non-hydrogen) atoms. The standard InChI is InChI=1S/C25H26N2O3/c1-18-9-8-10-19(2)25(18)30-16-20(28)15-27-23-14-7-6-13-22(23)26-24(27)17-29-21-11-4-3-5-12-21/h3-14,20,28H,15-17H2,1-2H3/t20-/m1/s1. The molecule has 1 atom stereocenters. The molecule has 0 unspecified atom stereocenters. The Bertz CT molecular complexity index is 1100. The number of para-hydroxylation sites is 4. The summed E-state index contributed by atoms with van der Waals surface area (Å²) in [7, 11) is 0. The van der Waals surface area contributed by atoms with E-state index in [1.54, 1.807) is 0 Å². The first-order valence-electron chi connectivity index (χ1n) is 10.1. The third-order valence-electron chi connectivity index (χ3n) is 5.07. The van der Waals surface area contributed by atoms with Crippen LogP contribution in [0.25, 0.3) is 11.0 Å². The van der Waals surface area contributed by atoms with Crippen LogP contribution in [-0.2, 0) is 13.2 Å². The molecule has 0 saturated heterocycles. The van der Waals surface area contributed by atoms with Gasteiger partial charge in [-0.1, -0.05) is 48.5 Å². The van der Waals surface area contributed by atoms with E-state index in [4.69, 9.17) is 14.5 Å². The lowest BCUT2D eigenvalue weighted by molar-refractivity contribution is 0.0911. The van der Waals surface area contributed by atoms with Crippen LogP contribution in [-0.4, -0.2) is 27.4 Å². The molecule has 1 heterocycles. The van der Waals surface area contributed by atoms with E-state index in [-0.39, 0.29) is 6.61 Å². The average Bonchev–Trinajstić information content (AvgIpc) is 3.10. The highest BCUT2D eigenvalue weighted by atomic mass is 16.5. The van der Waals surface area contributed by atoms with Gasteiger partial charge in [0.2, 0.25) is 0 Å². The smallest absolute Gasteiger partial charge is 0.148 e. The molecule has 0 fully saturated rings. The Labute approximate surface area is 176 Å². The number of ether oxygens (including phenoxy) is 2. The molecule has 4 aromatic rings. The van der Waals surface area contributed by atoms with Crippen LogP contribution < -0.4 is 9.47 Å². The number of imidazole rings is 1. The molecule has 3 aromatic carbocycles. The van der Waals surface area contributed by atoms with Crippen molar-refractivity contribution in [2.75, 3.05) is 6.61 Å². The maximum Gasteiger partial charge on any atom is 0.148 e. The Hall–Kier alpha value is -3.31. The van der Waals surface area contributed by atoms with E-state index in [1.807, 2.05) is 91.2 Å². The summed E-state index contributed by atoms with van der Waals surface area (Å²) in [5.74, 6) is 2.39. The SMILES string of the molecule is Cc1cccc(C)c1OC[C@H](O)Cn1c(COc2ccccc2)nc2ccccc21. The van der Waals surface area contributed by atoms with E-state index in [1.165, 1.54) is 0 Å². The van der Waals surface area contributed by atoms with Crippen LogP contribution in [0.4, 0.5) is 0 Å². The molecular weight excluding hydrogens is 376 g/mol. The van der Waals surface area contributed by atoms with Crippen molar-refractivity contribution in [3.8, 4) is 11.5 Å². The van der Waals surface area contributed by atoms with E-state index in [9.17, 15) is 5.11 Å². The summed E-state index contributed by atoms with van der Waals surface area (Å²) in [6.45, 7) is 4.92. The maximum absolute atomic E-state index is 10.7. The predicted octanol–water partition coefficient (Wildman–Crippen LogP) is 4.67. The van der Waals surface area contributed by atoms with Crippen molar-refractivity contribution in [3.63, 3.8) is 0 Å². The Balaban J connectivity index is 1.50. The zero-order valence-electron chi connectivity index (χ0n) is 17.3. The number of hydrogen-bond acceptors (Lipinski definition) is 4. The van der Waals surface area contributed by atoms with Gasteiger partial charge in [0.05, 0.1) is 17.6 Å². The molecule has 4 rings (SSSR count). The number of fused-ring (bicyclic) bond motifs is 1. The molecule has 0 radical (unpaired) electrons. The first-order chi connectivity index (χ1) is 14.6. The van der Waals surface area contributed by atoms with Crippen LogP contribution in [0.2, 0.25) is 0 Å². The Morgan fingerprint density at radius 3 is 2.33 bits per heavy atom. The quantitative estimate of drug-likeness (QED) is 0.465. The highest BCUT2D eigenvalue weighted by molar-refractivity contribution is 5.75. The molecule has 0 aliphatic heterocycles. The van der Waals surface area contributed by atoms with Crippen LogP contribution in [0.1, 0.15) is 17.0 Å². The molecule has 154 valence electrons. The van der Waals surface area contributed by atoms with Crippen molar-refractivity contribution in [2.24, 2.45) is 0 Å². The fraction of sp³-hybridized carbons (Fsp3) is 0.240. The minimum Gasteiger partial charge on any atom is -0.490 e. The molecule has 0 aliphatic carbocycles. The van der Waals surface area contributed by atoms with Gasteiger partial charge in [-0.15, -0.1) is 0 Å². The molecule has 1 N–H and O–H groups in total. The Morgan fingerprint density at radius 1 is 0.867 bits per heavy atom. The van der Waals surface area contributed by atoms with Gasteiger partial charge in [-0.2, -0.15) is 0 Å². The monoisotopic (exact) mass is 402 g/mol. The summed E-state index contributed by atoms with van der Waals surface area (Å²) < 4.78 is 13.9. The molecule has 0 saturated carbocycles. The number of rotatable bonds is 8. The van der Waals surface area contributed by atoms with Crippen LogP contribution >= 0.6 is 0 Å². The first kappa shape index (κ1) is 20.0. The highest BCUT2D eigenvalue weighted by Crippen LogP contribution is 2.23. The summed E-state index contributed by atoms with van der Waals surface area (Å²) >= 11 is 0. The molecule has 5 heteroatoms. The van der Waals surface area contributed by atoms with E-state index in [0.29, 0.717) is 13.2 Å². The van der Waals surface area contributed by atoms with Gasteiger partial charge in [-0.05, 0) is 49.2 Å². The predicted molar refractivity (Wildman–Crippen MR) is 118 cm³/mol. The lowest BCUT2D eigenvalue weighted by Crippen LogP contribution is -2.25. The van der Waals surface area contributed by atoms with Crippen LogP contribution in [0.15, 0.2) is 72.8 Å². The topological polar surface area (TPSA) is 56.5 Å². The van der Waals surface area contributed by atoms with Gasteiger partial charge in [-0.25, -0.2) is 4.98 Å². The van der Waals surface area contributed by atoms with Gasteiger partial charge in [0.25, 0.3) is 0 Å². The summed E-state index contributed by atoms with van der Waals surface area (Å²) in [6, 6.07) is 23.6. The summed E-state index contributed by atoms with van der Waals surface area (Å²) in [6.07, 6.45) is -0.683. The van der Waals surface area contributed by atoms with Crippen LogP contribution in [0, 0.1) is 13.8 Å². The molecule has 0 bridgehead atoms. The van der Waals surface area contributed by atoms with Crippen LogP contribution in [0.5, 0.6) is 11.5 Å². The van der Waals surface area contributed by atoms with E-state index in [2.05, 4.69) is 0 Å². The first-order valence-corrected chi connectivity index (χ1v) is 10.1. The van der Waals surface area contributed by atoms with E-state index < -0.39 is 6.10 Å². The normalized spacial score (nSPS) is 12.1. The number of aryl methyl sites for hydroxylation is 2. The number of benzene rings is 3. The summed E-state index contributed by atoms with van der Waals surface area (Å²) in [5, 5.41) is 10.7. The molecule has 1 aromatic heterocycles. The van der Waals surface area contributed by atoms with Gasteiger partial charge in [0.1, 0.15) is 36.6 Å². The Morgan fingerprint density at radius 2 is 1.57 bits per heavy atom. The fourth-order valence-electron chi connectivity index (χ4n) is 3.57. The Kier molecular flexibility index (Phi) is 6.00. The third-order valence-corrected chi connectivity index (χ3v) is 5.07. The molecule has 0 amide bonds. The van der Waals surface area contributed by atoms with Gasteiger partial charge >= 0.3 is 0 Å². The fourth-order valence-corrected chi connectivity index (χ4v) is 3.57. The lowest BCUT2D eigenvalue weighted by Gasteiger charge is -2.18. The summed E-state index contributed by atoms with van der Waals surface area (Å²) in [5.41, 5.74) is 3.97. The van der Waals surface area contributed by atoms with Gasteiger partial charge < -0.3 is 19.1 Å². The lowest BCUT2D eigenvalue weighted by atomic mass is 10.1.